The van der Waals surface area contributed by atoms with Gasteiger partial charge < -0.3 is 4.90 Å². The van der Waals surface area contributed by atoms with Gasteiger partial charge in [0.1, 0.15) is 6.67 Å². The van der Waals surface area contributed by atoms with Crippen molar-refractivity contribution in [2.75, 3.05) is 11.6 Å². The molecule has 2 rings (SSSR count). The van der Waals surface area contributed by atoms with E-state index in [0.29, 0.717) is 0 Å². The quantitative estimate of drug-likeness (QED) is 0.677. The van der Waals surface area contributed by atoms with Crippen LogP contribution in [0.4, 0.5) is 5.69 Å². The molecule has 0 saturated carbocycles. The van der Waals surface area contributed by atoms with Gasteiger partial charge in [0.2, 0.25) is 0 Å². The maximum absolute atomic E-state index is 3.38. The Labute approximate surface area is 80.4 Å². The highest BCUT2D eigenvalue weighted by molar-refractivity contribution is 9.07. The second kappa shape index (κ2) is 3.19. The molecular formula is C9H9BrN2. The zero-order chi connectivity index (χ0) is 8.39. The van der Waals surface area contributed by atoms with Gasteiger partial charge in [-0.3, -0.25) is 3.93 Å². The van der Waals surface area contributed by atoms with E-state index in [1.807, 2.05) is 34.5 Å². The highest BCUT2D eigenvalue weighted by Gasteiger charge is 2.10. The zero-order valence-electron chi connectivity index (χ0n) is 6.52. The summed E-state index contributed by atoms with van der Waals surface area (Å²) in [4.78, 5) is 2.16. The second-order valence-electron chi connectivity index (χ2n) is 2.64. The molecule has 1 aliphatic heterocycles. The lowest BCUT2D eigenvalue weighted by Crippen LogP contribution is -2.18. The van der Waals surface area contributed by atoms with Crippen molar-refractivity contribution in [3.8, 4) is 0 Å². The van der Waals surface area contributed by atoms with Gasteiger partial charge in [0.25, 0.3) is 0 Å². The number of rotatable bonds is 1. The Balaban J connectivity index is 2.18. The van der Waals surface area contributed by atoms with Crippen LogP contribution in [0.25, 0.3) is 0 Å². The first-order valence-corrected chi connectivity index (χ1v) is 4.49. The normalized spacial score (nSPS) is 15.8. The van der Waals surface area contributed by atoms with Crippen LogP contribution in [0.15, 0.2) is 42.7 Å². The van der Waals surface area contributed by atoms with Crippen LogP contribution in [0.1, 0.15) is 0 Å². The molecule has 12 heavy (non-hydrogen) atoms. The van der Waals surface area contributed by atoms with E-state index in [9.17, 15) is 0 Å². The summed E-state index contributed by atoms with van der Waals surface area (Å²) in [6, 6.07) is 10.3. The highest BCUT2D eigenvalue weighted by Crippen LogP contribution is 2.19. The van der Waals surface area contributed by atoms with Crippen molar-refractivity contribution in [3.05, 3.63) is 42.7 Å². The van der Waals surface area contributed by atoms with Crippen molar-refractivity contribution in [2.45, 2.75) is 0 Å². The van der Waals surface area contributed by atoms with E-state index in [0.717, 1.165) is 6.67 Å². The Morgan fingerprint density at radius 1 is 1.08 bits per heavy atom. The Hall–Kier alpha value is -0.960. The van der Waals surface area contributed by atoms with Crippen molar-refractivity contribution in [2.24, 2.45) is 0 Å². The molecule has 3 heteroatoms. The van der Waals surface area contributed by atoms with Crippen LogP contribution in [0, 0.1) is 0 Å². The molecule has 0 radical (unpaired) electrons. The summed E-state index contributed by atoms with van der Waals surface area (Å²) < 4.78 is 1.96. The lowest BCUT2D eigenvalue weighted by Gasteiger charge is -2.16. The van der Waals surface area contributed by atoms with E-state index < -0.39 is 0 Å². The first kappa shape index (κ1) is 7.68. The molecule has 0 amide bonds. The average Bonchev–Trinajstić information content (AvgIpc) is 2.54. The van der Waals surface area contributed by atoms with Gasteiger partial charge in [-0.1, -0.05) is 18.2 Å². The molecule has 0 fully saturated rings. The third kappa shape index (κ3) is 1.46. The fourth-order valence-corrected chi connectivity index (χ4v) is 1.53. The summed E-state index contributed by atoms with van der Waals surface area (Å²) in [5, 5.41) is 0. The van der Waals surface area contributed by atoms with Crippen molar-refractivity contribution in [1.82, 2.24) is 3.93 Å². The molecule has 2 nitrogen and oxygen atoms in total. The van der Waals surface area contributed by atoms with Gasteiger partial charge in [-0.15, -0.1) is 0 Å². The molecule has 1 aromatic carbocycles. The first-order valence-electron chi connectivity index (χ1n) is 3.79. The fraction of sp³-hybridized carbons (Fsp3) is 0.111. The van der Waals surface area contributed by atoms with Crippen molar-refractivity contribution >= 4 is 21.8 Å². The highest BCUT2D eigenvalue weighted by atomic mass is 79.9. The number of nitrogens with zero attached hydrogens (tertiary/aromatic N) is 2. The molecule has 0 saturated heterocycles. The first-order chi connectivity index (χ1) is 5.86. The van der Waals surface area contributed by atoms with Gasteiger partial charge in [-0.25, -0.2) is 0 Å². The van der Waals surface area contributed by atoms with E-state index in [1.165, 1.54) is 5.69 Å². The van der Waals surface area contributed by atoms with Crippen molar-refractivity contribution in [3.63, 3.8) is 0 Å². The van der Waals surface area contributed by atoms with Gasteiger partial charge in [0, 0.05) is 18.1 Å². The van der Waals surface area contributed by atoms with E-state index in [-0.39, 0.29) is 0 Å². The van der Waals surface area contributed by atoms with Crippen LogP contribution in [0.5, 0.6) is 0 Å². The molecule has 0 atom stereocenters. The zero-order valence-corrected chi connectivity index (χ0v) is 8.11. The van der Waals surface area contributed by atoms with Crippen molar-refractivity contribution in [1.29, 1.82) is 0 Å². The molecule has 1 aromatic rings. The maximum atomic E-state index is 3.38. The van der Waals surface area contributed by atoms with E-state index >= 15 is 0 Å². The van der Waals surface area contributed by atoms with Crippen LogP contribution in [0.3, 0.4) is 0 Å². The van der Waals surface area contributed by atoms with Crippen LogP contribution in [-0.4, -0.2) is 10.6 Å². The minimum absolute atomic E-state index is 0.865. The summed E-state index contributed by atoms with van der Waals surface area (Å²) in [6.45, 7) is 0.865. The predicted octanol–water partition coefficient (Wildman–Crippen LogP) is 2.55. The standard InChI is InChI=1S/C9H9BrN2/c10-12-7-6-11(8-12)9-4-2-1-3-5-9/h1-7H,8H2. The van der Waals surface area contributed by atoms with Crippen LogP contribution in [-0.2, 0) is 0 Å². The summed E-state index contributed by atoms with van der Waals surface area (Å²) in [7, 11) is 0. The molecule has 1 aliphatic rings. The third-order valence-electron chi connectivity index (χ3n) is 1.78. The van der Waals surface area contributed by atoms with Gasteiger partial charge in [-0.2, -0.15) is 0 Å². The molecule has 0 unspecified atom stereocenters. The summed E-state index contributed by atoms with van der Waals surface area (Å²) in [5.74, 6) is 0. The van der Waals surface area contributed by atoms with Gasteiger partial charge in [0.05, 0.1) is 16.1 Å². The number of anilines is 1. The van der Waals surface area contributed by atoms with E-state index in [4.69, 9.17) is 0 Å². The Bertz CT molecular complexity index is 284. The lowest BCUT2D eigenvalue weighted by molar-refractivity contribution is 0.689. The second-order valence-corrected chi connectivity index (χ2v) is 3.56. The molecule has 0 spiro atoms. The summed E-state index contributed by atoms with van der Waals surface area (Å²) >= 11 is 3.38. The van der Waals surface area contributed by atoms with Crippen LogP contribution < -0.4 is 4.90 Å². The maximum Gasteiger partial charge on any atom is 0.105 e. The molecule has 1 heterocycles. The third-order valence-corrected chi connectivity index (χ3v) is 2.24. The summed E-state index contributed by atoms with van der Waals surface area (Å²) in [5.41, 5.74) is 1.22. The van der Waals surface area contributed by atoms with Gasteiger partial charge in [0.15, 0.2) is 0 Å². The Kier molecular flexibility index (Phi) is 2.04. The minimum atomic E-state index is 0.865. The van der Waals surface area contributed by atoms with Crippen LogP contribution in [0.2, 0.25) is 0 Å². The van der Waals surface area contributed by atoms with Gasteiger partial charge >= 0.3 is 0 Å². The molecule has 0 aliphatic carbocycles. The topological polar surface area (TPSA) is 6.48 Å². The monoisotopic (exact) mass is 224 g/mol. The molecule has 62 valence electrons. The van der Waals surface area contributed by atoms with E-state index in [1.54, 1.807) is 0 Å². The van der Waals surface area contributed by atoms with Crippen LogP contribution >= 0.6 is 16.1 Å². The number of hydrogen-bond acceptors (Lipinski definition) is 2. The number of hydrogen-bond donors (Lipinski definition) is 0. The molecular weight excluding hydrogens is 216 g/mol. The molecule has 0 aromatic heterocycles. The fourth-order valence-electron chi connectivity index (χ4n) is 1.18. The molecule has 0 N–H and O–H groups in total. The largest absolute Gasteiger partial charge is 0.328 e. The number of benzene rings is 1. The minimum Gasteiger partial charge on any atom is -0.328 e. The average molecular weight is 225 g/mol. The Morgan fingerprint density at radius 2 is 1.83 bits per heavy atom. The van der Waals surface area contributed by atoms with Crippen molar-refractivity contribution < 1.29 is 0 Å². The SMILES string of the molecule is BrN1C=CN(c2ccccc2)C1. The predicted molar refractivity (Wildman–Crippen MR) is 53.7 cm³/mol. The molecule has 0 bridgehead atoms. The Morgan fingerprint density at radius 3 is 2.42 bits per heavy atom. The van der Waals surface area contributed by atoms with E-state index in [2.05, 4.69) is 33.2 Å². The summed E-state index contributed by atoms with van der Waals surface area (Å²) in [6.07, 6.45) is 4.04. The number of para-hydroxylation sites is 1. The van der Waals surface area contributed by atoms with Gasteiger partial charge in [-0.05, 0) is 12.1 Å². The number of halogens is 1. The lowest BCUT2D eigenvalue weighted by atomic mass is 10.3. The smallest absolute Gasteiger partial charge is 0.105 e.